The molecule has 15 heteroatoms. The highest BCUT2D eigenvalue weighted by Gasteiger charge is 2.57. The van der Waals surface area contributed by atoms with E-state index in [1.54, 1.807) is 23.4 Å². The average molecular weight is 760 g/mol. The van der Waals surface area contributed by atoms with Gasteiger partial charge in [-0.25, -0.2) is 24.7 Å². The van der Waals surface area contributed by atoms with Gasteiger partial charge in [0.15, 0.2) is 5.69 Å². The molecule has 55 heavy (non-hydrogen) atoms. The third kappa shape index (κ3) is 6.57. The largest absolute Gasteiger partial charge is 0.490 e. The Morgan fingerprint density at radius 3 is 2.31 bits per heavy atom. The van der Waals surface area contributed by atoms with Crippen LogP contribution in [-0.4, -0.2) is 81.4 Å². The molecule has 4 aliphatic carbocycles. The van der Waals surface area contributed by atoms with Crippen LogP contribution in [0.1, 0.15) is 79.4 Å². The summed E-state index contributed by atoms with van der Waals surface area (Å²) >= 11 is 0. The summed E-state index contributed by atoms with van der Waals surface area (Å²) in [6.45, 7) is 2.87. The van der Waals surface area contributed by atoms with Crippen LogP contribution in [-0.2, 0) is 21.1 Å². The Labute approximate surface area is 316 Å². The molecule has 1 aromatic carbocycles. The van der Waals surface area contributed by atoms with Crippen molar-refractivity contribution in [2.45, 2.75) is 81.0 Å². The maximum Gasteiger partial charge on any atom is 0.434 e. The maximum atomic E-state index is 14.9. The van der Waals surface area contributed by atoms with Gasteiger partial charge in [-0.1, -0.05) is 6.08 Å². The number of carbonyl (C=O) groups excluding carboxylic acids is 1. The number of anilines is 3. The number of fused-ring (bicyclic) bond motifs is 2. The van der Waals surface area contributed by atoms with Crippen molar-refractivity contribution >= 4 is 29.5 Å². The average Bonchev–Trinajstić information content (AvgIpc) is 3.48. The number of alkyl halides is 3. The summed E-state index contributed by atoms with van der Waals surface area (Å²) in [6.07, 6.45) is 9.20. The number of carbonyl (C=O) groups is 2. The lowest BCUT2D eigenvalue weighted by molar-refractivity contribution is -0.141. The molecule has 3 aromatic rings. The van der Waals surface area contributed by atoms with E-state index in [0.29, 0.717) is 61.8 Å². The first kappa shape index (κ1) is 35.9. The van der Waals surface area contributed by atoms with E-state index in [-0.39, 0.29) is 23.9 Å². The molecule has 12 nitrogen and oxygen atoms in total. The van der Waals surface area contributed by atoms with Gasteiger partial charge in [-0.3, -0.25) is 4.79 Å². The summed E-state index contributed by atoms with van der Waals surface area (Å²) in [4.78, 5) is 46.7. The molecular weight excluding hydrogens is 715 g/mol. The highest BCUT2D eigenvalue weighted by atomic mass is 19.4. The van der Waals surface area contributed by atoms with E-state index in [1.807, 2.05) is 18.2 Å². The van der Waals surface area contributed by atoms with Gasteiger partial charge in [0, 0.05) is 81.5 Å². The predicted octanol–water partition coefficient (Wildman–Crippen LogP) is 6.10. The highest BCUT2D eigenvalue weighted by molar-refractivity contribution is 5.96. The second-order valence-corrected chi connectivity index (χ2v) is 16.3. The number of ether oxygens (including phenoxy) is 2. The second-order valence-electron chi connectivity index (χ2n) is 16.3. The monoisotopic (exact) mass is 759 g/mol. The third-order valence-electron chi connectivity index (χ3n) is 13.2. The lowest BCUT2D eigenvalue weighted by Gasteiger charge is -2.60. The van der Waals surface area contributed by atoms with Crippen molar-refractivity contribution < 1.29 is 37.3 Å². The molecule has 2 N–H and O–H groups in total. The summed E-state index contributed by atoms with van der Waals surface area (Å²) in [7, 11) is 0. The molecule has 5 heterocycles. The number of aromatic nitrogens is 4. The first-order valence-electron chi connectivity index (χ1n) is 19.4. The molecule has 7 aliphatic rings. The summed E-state index contributed by atoms with van der Waals surface area (Å²) in [5.41, 5.74) is -1.82. The molecule has 4 saturated carbocycles. The molecule has 2 aromatic heterocycles. The van der Waals surface area contributed by atoms with Crippen LogP contribution in [0.2, 0.25) is 0 Å². The highest BCUT2D eigenvalue weighted by Crippen LogP contribution is 2.59. The first-order chi connectivity index (χ1) is 26.5. The predicted molar refractivity (Wildman–Crippen MR) is 194 cm³/mol. The zero-order valence-corrected chi connectivity index (χ0v) is 30.4. The van der Waals surface area contributed by atoms with Crippen LogP contribution >= 0.6 is 0 Å². The molecule has 0 atom stereocenters. The molecule has 1 spiro atoms. The van der Waals surface area contributed by atoms with E-state index < -0.39 is 40.3 Å². The molecule has 3 aliphatic heterocycles. The van der Waals surface area contributed by atoms with Gasteiger partial charge in [-0.05, 0) is 98.4 Å². The molecule has 4 bridgehead atoms. The molecule has 10 rings (SSSR count). The van der Waals surface area contributed by atoms with Gasteiger partial charge >= 0.3 is 12.1 Å². The Morgan fingerprint density at radius 2 is 1.65 bits per heavy atom. The third-order valence-corrected chi connectivity index (χ3v) is 13.2. The van der Waals surface area contributed by atoms with E-state index in [4.69, 9.17) is 9.47 Å². The minimum absolute atomic E-state index is 0.0184. The van der Waals surface area contributed by atoms with E-state index in [1.165, 1.54) is 6.08 Å². The van der Waals surface area contributed by atoms with Gasteiger partial charge in [0.1, 0.15) is 11.9 Å². The number of nitrogens with one attached hydrogen (secondary N) is 1. The number of benzene rings is 1. The smallest absolute Gasteiger partial charge is 0.434 e. The lowest BCUT2D eigenvalue weighted by atomic mass is 9.48. The maximum absolute atomic E-state index is 14.9. The van der Waals surface area contributed by atoms with Crippen LogP contribution in [0.15, 0.2) is 55.0 Å². The number of rotatable bonds is 8. The van der Waals surface area contributed by atoms with E-state index >= 15 is 0 Å². The number of carboxylic acid groups (broad SMARTS) is 1. The van der Waals surface area contributed by atoms with Gasteiger partial charge in [0.25, 0.3) is 5.91 Å². The molecule has 2 saturated heterocycles. The van der Waals surface area contributed by atoms with Crippen LogP contribution in [0.4, 0.5) is 30.8 Å². The molecule has 290 valence electrons. The lowest BCUT2D eigenvalue weighted by Crippen LogP contribution is -2.65. The minimum Gasteiger partial charge on any atom is -0.490 e. The minimum atomic E-state index is -4.96. The van der Waals surface area contributed by atoms with E-state index in [9.17, 15) is 27.9 Å². The quantitative estimate of drug-likeness (QED) is 0.258. The number of halogens is 3. The Hall–Kier alpha value is -4.79. The topological polar surface area (TPSA) is 143 Å². The zero-order valence-electron chi connectivity index (χ0n) is 30.4. The molecule has 6 fully saturated rings. The first-order valence-corrected chi connectivity index (χ1v) is 19.4. The fourth-order valence-corrected chi connectivity index (χ4v) is 10.8. The van der Waals surface area contributed by atoms with Crippen LogP contribution in [0, 0.1) is 23.7 Å². The van der Waals surface area contributed by atoms with Crippen LogP contribution < -0.4 is 19.9 Å². The van der Waals surface area contributed by atoms with Crippen LogP contribution in [0.25, 0.3) is 0 Å². The number of aliphatic carboxylic acids is 1. The molecule has 0 unspecified atom stereocenters. The second kappa shape index (κ2) is 13.7. The van der Waals surface area contributed by atoms with Gasteiger partial charge in [-0.2, -0.15) is 13.2 Å². The van der Waals surface area contributed by atoms with Crippen LogP contribution in [0.5, 0.6) is 5.75 Å². The number of carboxylic acids is 1. The summed E-state index contributed by atoms with van der Waals surface area (Å²) in [5.74, 6) is -0.0149. The Bertz CT molecular complexity index is 1950. The SMILES string of the molecule is O=C(O)/C=C/C1(NC(=O)c2cnc(N3CC4(CCOCC4)c4cc(OC5CCN(c6ncccn6)CC5)ccc43)nc2C(F)(F)F)C2CC3CC(C2)CC1C3. The summed E-state index contributed by atoms with van der Waals surface area (Å²) < 4.78 is 57.0. The van der Waals surface area contributed by atoms with Crippen molar-refractivity contribution in [2.75, 3.05) is 42.6 Å². The normalized spacial score (nSPS) is 28.5. The van der Waals surface area contributed by atoms with Crippen LogP contribution in [0.3, 0.4) is 0 Å². The number of piperidine rings is 1. The standard InChI is InChI=1S/C40H44F3N7O5/c41-40(42,43)34-30(35(53)48-39(7-4-33(51)52)26-17-24-16-25(19-26)20-27(39)18-24)22-46-37(47-34)50-23-38(8-14-54-15-9-38)31-21-29(2-3-32(31)50)55-28-5-12-49(13-6-28)36-44-10-1-11-45-36/h1-4,7,10-11,21-22,24-28H,5-6,8-9,12-20,23H2,(H,48,53)(H,51,52)/b7-4+. The Balaban J connectivity index is 0.993. The number of hydrogen-bond donors (Lipinski definition) is 2. The zero-order chi connectivity index (χ0) is 38.0. The number of hydrogen-bond acceptors (Lipinski definition) is 10. The molecule has 1 amide bonds. The van der Waals surface area contributed by atoms with E-state index in [0.717, 1.165) is 75.9 Å². The Morgan fingerprint density at radius 1 is 0.964 bits per heavy atom. The van der Waals surface area contributed by atoms with Crippen molar-refractivity contribution in [1.82, 2.24) is 25.3 Å². The summed E-state index contributed by atoms with van der Waals surface area (Å²) in [5, 5.41) is 12.5. The fourth-order valence-electron chi connectivity index (χ4n) is 10.8. The van der Waals surface area contributed by atoms with Crippen molar-refractivity contribution in [1.29, 1.82) is 0 Å². The van der Waals surface area contributed by atoms with Gasteiger partial charge < -0.3 is 29.7 Å². The summed E-state index contributed by atoms with van der Waals surface area (Å²) in [6, 6.07) is 7.51. The van der Waals surface area contributed by atoms with E-state index in [2.05, 4.69) is 30.2 Å². The van der Waals surface area contributed by atoms with Crippen molar-refractivity contribution in [3.63, 3.8) is 0 Å². The number of nitrogens with zero attached hydrogens (tertiary/aromatic N) is 6. The molecule has 0 radical (unpaired) electrons. The Kier molecular flexibility index (Phi) is 8.97. The van der Waals surface area contributed by atoms with Gasteiger partial charge in [-0.15, -0.1) is 0 Å². The fraction of sp³-hybridized carbons (Fsp3) is 0.550. The molecular formula is C40H44F3N7O5. The van der Waals surface area contributed by atoms with Gasteiger partial charge in [0.2, 0.25) is 11.9 Å². The van der Waals surface area contributed by atoms with Crippen molar-refractivity contribution in [2.24, 2.45) is 23.7 Å². The van der Waals surface area contributed by atoms with Crippen molar-refractivity contribution in [3.8, 4) is 5.75 Å². The number of amides is 1. The van der Waals surface area contributed by atoms with Crippen molar-refractivity contribution in [3.05, 3.63) is 71.8 Å². The van der Waals surface area contributed by atoms with Gasteiger partial charge in [0.05, 0.1) is 11.1 Å².